The molecule has 0 heterocycles. The molecule has 0 amide bonds. The SMILES string of the molecule is COc1cc(CN[C@H](C)C(=O)O)ccc1OCCO. The Labute approximate surface area is 112 Å². The summed E-state index contributed by atoms with van der Waals surface area (Å²) in [7, 11) is 1.53. The van der Waals surface area contributed by atoms with Gasteiger partial charge in [-0.05, 0) is 24.6 Å². The molecular formula is C13H19NO5. The lowest BCUT2D eigenvalue weighted by Crippen LogP contribution is -2.33. The molecule has 0 fully saturated rings. The number of carbonyl (C=O) groups is 1. The summed E-state index contributed by atoms with van der Waals surface area (Å²) in [5.74, 6) is 0.206. The van der Waals surface area contributed by atoms with Crippen LogP contribution in [0, 0.1) is 0 Å². The van der Waals surface area contributed by atoms with E-state index in [1.165, 1.54) is 7.11 Å². The summed E-state index contributed by atoms with van der Waals surface area (Å²) >= 11 is 0. The van der Waals surface area contributed by atoms with E-state index >= 15 is 0 Å². The minimum absolute atomic E-state index is 0.0669. The molecule has 0 aliphatic heterocycles. The lowest BCUT2D eigenvalue weighted by atomic mass is 10.2. The predicted octanol–water partition coefficient (Wildman–Crippen LogP) is 0.629. The maximum Gasteiger partial charge on any atom is 0.320 e. The number of nitrogens with one attached hydrogen (secondary N) is 1. The van der Waals surface area contributed by atoms with Crippen molar-refractivity contribution in [2.75, 3.05) is 20.3 Å². The van der Waals surface area contributed by atoms with Crippen LogP contribution in [0.1, 0.15) is 12.5 Å². The number of benzene rings is 1. The molecule has 3 N–H and O–H groups in total. The lowest BCUT2D eigenvalue weighted by molar-refractivity contribution is -0.139. The first-order chi connectivity index (χ1) is 9.08. The first kappa shape index (κ1) is 15.3. The predicted molar refractivity (Wildman–Crippen MR) is 69.5 cm³/mol. The van der Waals surface area contributed by atoms with Gasteiger partial charge in [0, 0.05) is 6.54 Å². The number of aliphatic hydroxyl groups is 1. The van der Waals surface area contributed by atoms with Crippen LogP contribution in [0.15, 0.2) is 18.2 Å². The third kappa shape index (κ3) is 4.76. The van der Waals surface area contributed by atoms with Crippen LogP contribution in [-0.2, 0) is 11.3 Å². The van der Waals surface area contributed by atoms with E-state index in [1.807, 2.05) is 6.07 Å². The molecule has 6 nitrogen and oxygen atoms in total. The van der Waals surface area contributed by atoms with Gasteiger partial charge >= 0.3 is 5.97 Å². The Kier molecular flexibility index (Phi) is 6.11. The van der Waals surface area contributed by atoms with Crippen molar-refractivity contribution in [2.24, 2.45) is 0 Å². The van der Waals surface area contributed by atoms with Crippen LogP contribution in [0.25, 0.3) is 0 Å². The maximum absolute atomic E-state index is 10.7. The molecule has 0 bridgehead atoms. The highest BCUT2D eigenvalue weighted by atomic mass is 16.5. The summed E-state index contributed by atoms with van der Waals surface area (Å²) in [6.07, 6.45) is 0. The summed E-state index contributed by atoms with van der Waals surface area (Å²) in [6.45, 7) is 2.13. The average Bonchev–Trinajstić information content (AvgIpc) is 2.42. The number of hydrogen-bond acceptors (Lipinski definition) is 5. The molecule has 6 heteroatoms. The fourth-order valence-corrected chi connectivity index (χ4v) is 1.46. The van der Waals surface area contributed by atoms with Gasteiger partial charge in [-0.25, -0.2) is 0 Å². The van der Waals surface area contributed by atoms with Crippen molar-refractivity contribution in [3.63, 3.8) is 0 Å². The number of aliphatic carboxylic acids is 1. The normalized spacial score (nSPS) is 11.9. The van der Waals surface area contributed by atoms with E-state index in [4.69, 9.17) is 19.7 Å². The number of rotatable bonds is 8. The standard InChI is InChI=1S/C13H19NO5/c1-9(13(16)17)14-8-10-3-4-11(19-6-5-15)12(7-10)18-2/h3-4,7,9,14-15H,5-6,8H2,1-2H3,(H,16,17)/t9-/m1/s1. The highest BCUT2D eigenvalue weighted by molar-refractivity contribution is 5.72. The Hall–Kier alpha value is -1.79. The largest absolute Gasteiger partial charge is 0.493 e. The summed E-state index contributed by atoms with van der Waals surface area (Å²) in [4.78, 5) is 10.7. The first-order valence-electron chi connectivity index (χ1n) is 5.95. The van der Waals surface area contributed by atoms with E-state index < -0.39 is 12.0 Å². The molecule has 0 aliphatic rings. The Morgan fingerprint density at radius 3 is 2.74 bits per heavy atom. The Balaban J connectivity index is 2.68. The molecule has 0 unspecified atom stereocenters. The van der Waals surface area contributed by atoms with E-state index in [9.17, 15) is 4.79 Å². The van der Waals surface area contributed by atoms with Crippen molar-refractivity contribution in [1.29, 1.82) is 0 Å². The van der Waals surface area contributed by atoms with E-state index in [0.717, 1.165) is 5.56 Å². The zero-order chi connectivity index (χ0) is 14.3. The van der Waals surface area contributed by atoms with Crippen LogP contribution in [0.3, 0.4) is 0 Å². The van der Waals surface area contributed by atoms with Crippen molar-refractivity contribution < 1.29 is 24.5 Å². The number of aliphatic hydroxyl groups excluding tert-OH is 1. The van der Waals surface area contributed by atoms with Gasteiger partial charge in [0.25, 0.3) is 0 Å². The van der Waals surface area contributed by atoms with Crippen molar-refractivity contribution in [3.8, 4) is 11.5 Å². The second-order valence-corrected chi connectivity index (χ2v) is 4.00. The van der Waals surface area contributed by atoms with Crippen molar-refractivity contribution >= 4 is 5.97 Å². The lowest BCUT2D eigenvalue weighted by Gasteiger charge is -2.13. The van der Waals surface area contributed by atoms with Gasteiger partial charge in [0.05, 0.1) is 13.7 Å². The second-order valence-electron chi connectivity index (χ2n) is 4.00. The van der Waals surface area contributed by atoms with Crippen LogP contribution in [0.2, 0.25) is 0 Å². The zero-order valence-electron chi connectivity index (χ0n) is 11.0. The Bertz CT molecular complexity index is 421. The summed E-state index contributed by atoms with van der Waals surface area (Å²) in [6, 6.07) is 4.71. The summed E-state index contributed by atoms with van der Waals surface area (Å²) in [5, 5.41) is 20.4. The molecule has 0 aromatic heterocycles. The van der Waals surface area contributed by atoms with Gasteiger partial charge in [0.2, 0.25) is 0 Å². The molecule has 1 aromatic rings. The van der Waals surface area contributed by atoms with Crippen molar-refractivity contribution in [1.82, 2.24) is 5.32 Å². The zero-order valence-corrected chi connectivity index (χ0v) is 11.0. The van der Waals surface area contributed by atoms with Gasteiger partial charge in [-0.15, -0.1) is 0 Å². The number of methoxy groups -OCH3 is 1. The van der Waals surface area contributed by atoms with E-state index in [0.29, 0.717) is 18.0 Å². The van der Waals surface area contributed by atoms with E-state index in [1.54, 1.807) is 19.1 Å². The average molecular weight is 269 g/mol. The van der Waals surface area contributed by atoms with Gasteiger partial charge in [0.15, 0.2) is 11.5 Å². The van der Waals surface area contributed by atoms with Crippen LogP contribution < -0.4 is 14.8 Å². The van der Waals surface area contributed by atoms with E-state index in [2.05, 4.69) is 5.32 Å². The molecule has 0 saturated carbocycles. The number of carboxylic acid groups (broad SMARTS) is 1. The molecule has 0 radical (unpaired) electrons. The van der Waals surface area contributed by atoms with Gasteiger partial charge in [-0.1, -0.05) is 6.07 Å². The molecule has 0 aliphatic carbocycles. The third-order valence-corrected chi connectivity index (χ3v) is 2.56. The highest BCUT2D eigenvalue weighted by Gasteiger charge is 2.10. The van der Waals surface area contributed by atoms with Crippen LogP contribution in [0.4, 0.5) is 0 Å². The topological polar surface area (TPSA) is 88.0 Å². The molecule has 19 heavy (non-hydrogen) atoms. The fraction of sp³-hybridized carbons (Fsp3) is 0.462. The van der Waals surface area contributed by atoms with Gasteiger partial charge in [-0.2, -0.15) is 0 Å². The van der Waals surface area contributed by atoms with Gasteiger partial charge < -0.3 is 25.0 Å². The monoisotopic (exact) mass is 269 g/mol. The second kappa shape index (κ2) is 7.60. The number of carboxylic acids is 1. The van der Waals surface area contributed by atoms with Crippen LogP contribution in [-0.4, -0.2) is 42.5 Å². The first-order valence-corrected chi connectivity index (χ1v) is 5.95. The molecule has 1 aromatic carbocycles. The van der Waals surface area contributed by atoms with Crippen LogP contribution in [0.5, 0.6) is 11.5 Å². The molecule has 1 rings (SSSR count). The minimum atomic E-state index is -0.894. The fourth-order valence-electron chi connectivity index (χ4n) is 1.46. The third-order valence-electron chi connectivity index (χ3n) is 2.56. The smallest absolute Gasteiger partial charge is 0.320 e. The highest BCUT2D eigenvalue weighted by Crippen LogP contribution is 2.27. The number of ether oxygens (including phenoxy) is 2. The van der Waals surface area contributed by atoms with Gasteiger partial charge in [-0.3, -0.25) is 4.79 Å². The summed E-state index contributed by atoms with van der Waals surface area (Å²) in [5.41, 5.74) is 0.890. The van der Waals surface area contributed by atoms with Gasteiger partial charge in [0.1, 0.15) is 12.6 Å². The quantitative estimate of drug-likeness (QED) is 0.641. The maximum atomic E-state index is 10.7. The minimum Gasteiger partial charge on any atom is -0.493 e. The molecule has 0 spiro atoms. The van der Waals surface area contributed by atoms with E-state index in [-0.39, 0.29) is 13.2 Å². The van der Waals surface area contributed by atoms with Crippen molar-refractivity contribution in [3.05, 3.63) is 23.8 Å². The van der Waals surface area contributed by atoms with Crippen LogP contribution >= 0.6 is 0 Å². The van der Waals surface area contributed by atoms with Crippen molar-refractivity contribution in [2.45, 2.75) is 19.5 Å². The Morgan fingerprint density at radius 1 is 1.42 bits per heavy atom. The number of hydrogen-bond donors (Lipinski definition) is 3. The summed E-state index contributed by atoms with van der Waals surface area (Å²) < 4.78 is 10.5. The Morgan fingerprint density at radius 2 is 2.16 bits per heavy atom. The molecular weight excluding hydrogens is 250 g/mol. The molecule has 1 atom stereocenters. The molecule has 0 saturated heterocycles. The molecule has 106 valence electrons.